The first kappa shape index (κ1) is 33.5. The minimum absolute atomic E-state index is 0.000126. The fraction of sp³-hybridized carbons (Fsp3) is 0.902. The van der Waals surface area contributed by atoms with Gasteiger partial charge in [-0.25, -0.2) is 0 Å². The fourth-order valence-corrected chi connectivity index (χ4v) is 27.3. The molecule has 0 aromatic heterocycles. The fourth-order valence-electron chi connectivity index (χ4n) is 15.2. The van der Waals surface area contributed by atoms with E-state index < -0.39 is 16.1 Å². The van der Waals surface area contributed by atoms with Gasteiger partial charge in [-0.05, 0) is 197 Å². The summed E-state index contributed by atoms with van der Waals surface area (Å²) < 4.78 is 0. The summed E-state index contributed by atoms with van der Waals surface area (Å²) in [6, 6.07) is 0. The second-order valence-electron chi connectivity index (χ2n) is 21.4. The first-order valence-corrected chi connectivity index (χ1v) is 30.1. The molecule has 47 heavy (non-hydrogen) atoms. The number of hydrogen-bond acceptors (Lipinski definition) is 2. The van der Waals surface area contributed by atoms with Gasteiger partial charge < -0.3 is 10.6 Å². The molecule has 2 nitrogen and oxygen atoms in total. The van der Waals surface area contributed by atoms with Gasteiger partial charge in [-0.3, -0.25) is 0 Å². The minimum atomic E-state index is -1.56. The Kier molecular flexibility index (Phi) is 8.64. The molecule has 8 saturated carbocycles. The van der Waals surface area contributed by atoms with Crippen molar-refractivity contribution in [2.75, 3.05) is 32.3 Å². The lowest BCUT2D eigenvalue weighted by molar-refractivity contribution is 0.0131. The molecule has 2 N–H and O–H groups in total. The Hall–Kier alpha value is 0.694. The Morgan fingerprint density at radius 1 is 0.681 bits per heavy atom. The predicted octanol–water partition coefficient (Wildman–Crippen LogP) is 9.77. The third-order valence-corrected chi connectivity index (χ3v) is 26.4. The molecule has 4 unspecified atom stereocenters. The van der Waals surface area contributed by atoms with Crippen LogP contribution in [0.4, 0.5) is 0 Å². The van der Waals surface area contributed by atoms with Gasteiger partial charge >= 0.3 is 0 Å². The molecule has 6 heteroatoms. The van der Waals surface area contributed by atoms with Crippen LogP contribution in [0.5, 0.6) is 0 Å². The Balaban J connectivity index is 1.19. The summed E-state index contributed by atoms with van der Waals surface area (Å²) >= 11 is 0. The van der Waals surface area contributed by atoms with Gasteiger partial charge in [0, 0.05) is 5.16 Å². The average molecular weight is 709 g/mol. The molecule has 0 aromatic carbocycles. The van der Waals surface area contributed by atoms with Crippen LogP contribution in [0.1, 0.15) is 77.0 Å². The highest BCUT2D eigenvalue weighted by molar-refractivity contribution is 7.59. The molecule has 0 aromatic rings. The van der Waals surface area contributed by atoms with E-state index in [0.29, 0.717) is 0 Å². The highest BCUT2D eigenvalue weighted by Crippen LogP contribution is 2.72. The SMILES string of the molecule is C[Si](C)(C)C1=C(CP(C2C3CC4CC(C3)CC2C4)C2C3CC4CC(C3)CC2C4)C(C(P)(C2CCNC2)C2CCNC2)=CC1[Si](C)(C)C. The van der Waals surface area contributed by atoms with E-state index in [1.54, 1.807) is 64.2 Å². The summed E-state index contributed by atoms with van der Waals surface area (Å²) in [5.41, 5.74) is 6.93. The average Bonchev–Trinajstić information content (AvgIpc) is 3.77. The third kappa shape index (κ3) is 5.63. The lowest BCUT2D eigenvalue weighted by atomic mass is 9.55. The molecule has 4 atom stereocenters. The van der Waals surface area contributed by atoms with Gasteiger partial charge in [0.2, 0.25) is 0 Å². The van der Waals surface area contributed by atoms with Crippen molar-refractivity contribution in [3.05, 3.63) is 22.4 Å². The van der Waals surface area contributed by atoms with E-state index in [0.717, 1.165) is 76.0 Å². The Labute approximate surface area is 295 Å². The molecule has 11 rings (SSSR count). The van der Waals surface area contributed by atoms with Crippen LogP contribution in [0.25, 0.3) is 0 Å². The van der Waals surface area contributed by atoms with Crippen molar-refractivity contribution in [1.82, 2.24) is 10.6 Å². The molecule has 2 saturated heterocycles. The number of allylic oxidation sites excluding steroid dienone is 4. The van der Waals surface area contributed by atoms with Gasteiger partial charge in [0.15, 0.2) is 0 Å². The molecular formula is C41H70N2P2Si2. The molecule has 2 heterocycles. The zero-order valence-corrected chi connectivity index (χ0v) is 35.2. The van der Waals surface area contributed by atoms with Crippen molar-refractivity contribution in [2.45, 2.75) is 138 Å². The summed E-state index contributed by atoms with van der Waals surface area (Å²) in [6.07, 6.45) is 23.5. The van der Waals surface area contributed by atoms with E-state index in [1.165, 1.54) is 45.2 Å². The Bertz CT molecular complexity index is 1170. The van der Waals surface area contributed by atoms with Crippen molar-refractivity contribution >= 4 is 33.3 Å². The van der Waals surface area contributed by atoms with Crippen molar-refractivity contribution in [3.8, 4) is 0 Å². The number of hydrogen-bond donors (Lipinski definition) is 2. The summed E-state index contributed by atoms with van der Waals surface area (Å²) in [7, 11) is 0.720. The third-order valence-electron chi connectivity index (χ3n) is 16.4. The molecular weight excluding hydrogens is 639 g/mol. The zero-order valence-electron chi connectivity index (χ0n) is 31.1. The van der Waals surface area contributed by atoms with Crippen LogP contribution in [0.3, 0.4) is 0 Å². The van der Waals surface area contributed by atoms with Crippen LogP contribution < -0.4 is 10.6 Å². The molecule has 9 aliphatic carbocycles. The maximum absolute atomic E-state index is 3.88. The molecule has 262 valence electrons. The van der Waals surface area contributed by atoms with Gasteiger partial charge in [0.1, 0.15) is 0 Å². The molecule has 11 aliphatic rings. The minimum Gasteiger partial charge on any atom is -0.316 e. The predicted molar refractivity (Wildman–Crippen MR) is 213 cm³/mol. The van der Waals surface area contributed by atoms with E-state index in [-0.39, 0.29) is 13.1 Å². The molecule has 10 fully saturated rings. The summed E-state index contributed by atoms with van der Waals surface area (Å²) in [5.74, 6) is 10.3. The van der Waals surface area contributed by atoms with E-state index in [2.05, 4.69) is 70.4 Å². The van der Waals surface area contributed by atoms with Gasteiger partial charge in [0.05, 0.1) is 16.1 Å². The van der Waals surface area contributed by atoms with Gasteiger partial charge in [0.25, 0.3) is 0 Å². The highest BCUT2D eigenvalue weighted by Gasteiger charge is 2.59. The first-order chi connectivity index (χ1) is 22.4. The molecule has 8 bridgehead atoms. The first-order valence-electron chi connectivity index (χ1n) is 20.8. The second-order valence-corrected chi connectivity index (χ2v) is 35.3. The Morgan fingerprint density at radius 2 is 1.11 bits per heavy atom. The standard InChI is InChI=1S/C41H70N2P2Si2/c1-46(2,3)37-21-36(41(44,33-7-9-42-22-33)34-8-10-43-23-34)35(40(37)47(4,5)6)24-45(38-29-13-25-11-26(15-29)16-30(38)14-25)39-31-17-27-12-28(19-31)20-32(39)18-27/h21,25-34,37-39,42-43H,7-20,22-24,44H2,1-6H3. The van der Waals surface area contributed by atoms with Crippen molar-refractivity contribution in [3.63, 3.8) is 0 Å². The van der Waals surface area contributed by atoms with Crippen LogP contribution in [0.15, 0.2) is 22.4 Å². The summed E-state index contributed by atoms with van der Waals surface area (Å²) in [5, 5.41) is 10.1. The van der Waals surface area contributed by atoms with Crippen LogP contribution in [-0.2, 0) is 0 Å². The van der Waals surface area contributed by atoms with Gasteiger partial charge in [-0.2, -0.15) is 0 Å². The van der Waals surface area contributed by atoms with Crippen molar-refractivity contribution in [2.24, 2.45) is 59.2 Å². The maximum atomic E-state index is 3.88. The van der Waals surface area contributed by atoms with E-state index in [9.17, 15) is 0 Å². The van der Waals surface area contributed by atoms with Crippen LogP contribution in [-0.4, -0.2) is 65.0 Å². The van der Waals surface area contributed by atoms with Crippen molar-refractivity contribution < 1.29 is 0 Å². The normalized spacial score (nSPS) is 47.6. The van der Waals surface area contributed by atoms with Crippen LogP contribution >= 0.6 is 17.2 Å². The van der Waals surface area contributed by atoms with Crippen molar-refractivity contribution in [1.29, 1.82) is 0 Å². The maximum Gasteiger partial charge on any atom is 0.0732 e. The summed E-state index contributed by atoms with van der Waals surface area (Å²) in [6.45, 7) is 21.4. The largest absolute Gasteiger partial charge is 0.316 e. The molecule has 0 spiro atoms. The van der Waals surface area contributed by atoms with Gasteiger partial charge in [-0.15, -0.1) is 9.24 Å². The molecule has 0 amide bonds. The molecule has 2 aliphatic heterocycles. The number of nitrogens with one attached hydrogen (secondary N) is 2. The second kappa shape index (κ2) is 12.1. The lowest BCUT2D eigenvalue weighted by Crippen LogP contribution is -2.53. The van der Waals surface area contributed by atoms with E-state index in [4.69, 9.17) is 0 Å². The smallest absolute Gasteiger partial charge is 0.0732 e. The lowest BCUT2D eigenvalue weighted by Gasteiger charge is -2.62. The Morgan fingerprint density at radius 3 is 1.45 bits per heavy atom. The van der Waals surface area contributed by atoms with E-state index in [1.807, 2.05) is 11.1 Å². The highest BCUT2D eigenvalue weighted by atomic mass is 31.1. The summed E-state index contributed by atoms with van der Waals surface area (Å²) in [4.78, 5) is 0. The topological polar surface area (TPSA) is 24.1 Å². The van der Waals surface area contributed by atoms with Gasteiger partial charge in [-0.1, -0.05) is 58.5 Å². The number of rotatable bonds is 9. The molecule has 0 radical (unpaired) electrons. The quantitative estimate of drug-likeness (QED) is 0.184. The van der Waals surface area contributed by atoms with Crippen LogP contribution in [0.2, 0.25) is 44.8 Å². The zero-order chi connectivity index (χ0) is 32.5. The monoisotopic (exact) mass is 708 g/mol. The van der Waals surface area contributed by atoms with Crippen LogP contribution in [0, 0.1) is 59.2 Å². The van der Waals surface area contributed by atoms with E-state index >= 15 is 0 Å².